The third-order valence-corrected chi connectivity index (χ3v) is 5.88. The summed E-state index contributed by atoms with van der Waals surface area (Å²) in [5.74, 6) is -1.72. The number of para-hydroxylation sites is 1. The van der Waals surface area contributed by atoms with E-state index in [1.54, 1.807) is 19.1 Å². The van der Waals surface area contributed by atoms with Gasteiger partial charge in [-0.2, -0.15) is 0 Å². The summed E-state index contributed by atoms with van der Waals surface area (Å²) < 4.78 is 0.667. The highest BCUT2D eigenvalue weighted by Gasteiger charge is 2.34. The summed E-state index contributed by atoms with van der Waals surface area (Å²) in [5.41, 5.74) is -1.40. The number of anilines is 1. The molecule has 9 heteroatoms. The Balaban J connectivity index is 2.17. The highest BCUT2D eigenvalue weighted by molar-refractivity contribution is 7.20. The molecule has 3 aromatic rings. The Morgan fingerprint density at radius 3 is 2.43 bits per heavy atom. The lowest BCUT2D eigenvalue weighted by molar-refractivity contribution is -0.146. The zero-order valence-corrected chi connectivity index (χ0v) is 16.6. The molecule has 0 saturated heterocycles. The Morgan fingerprint density at radius 1 is 1.18 bits per heavy atom. The molecular weight excluding hydrogens is 382 g/mol. The fraction of sp³-hybridized carbons (Fsp3) is 0.263. The first kappa shape index (κ1) is 19.6. The van der Waals surface area contributed by atoms with E-state index in [1.807, 2.05) is 19.1 Å². The number of carbonyl (C=O) groups excluding carboxylic acids is 1. The second-order valence-corrected chi connectivity index (χ2v) is 7.98. The van der Waals surface area contributed by atoms with Gasteiger partial charge in [-0.1, -0.05) is 18.2 Å². The number of thiophene rings is 1. The van der Waals surface area contributed by atoms with Gasteiger partial charge in [-0.05, 0) is 44.9 Å². The predicted octanol–water partition coefficient (Wildman–Crippen LogP) is 2.44. The van der Waals surface area contributed by atoms with E-state index >= 15 is 0 Å². The number of aromatic nitrogens is 2. The Labute approximate surface area is 163 Å². The number of nitrogens with one attached hydrogen (secondary N) is 2. The topological polar surface area (TPSA) is 121 Å². The maximum Gasteiger partial charge on any atom is 0.330 e. The Morgan fingerprint density at radius 2 is 1.82 bits per heavy atom. The summed E-state index contributed by atoms with van der Waals surface area (Å²) in [6.45, 7) is 6.00. The van der Waals surface area contributed by atoms with Gasteiger partial charge >= 0.3 is 11.7 Å². The van der Waals surface area contributed by atoms with E-state index in [0.717, 1.165) is 16.9 Å². The van der Waals surface area contributed by atoms with Gasteiger partial charge in [-0.15, -0.1) is 11.3 Å². The molecule has 0 aliphatic heterocycles. The van der Waals surface area contributed by atoms with Crippen LogP contribution in [0.5, 0.6) is 0 Å². The lowest BCUT2D eigenvalue weighted by Gasteiger charge is -2.21. The molecule has 2 aromatic heterocycles. The van der Waals surface area contributed by atoms with Crippen molar-refractivity contribution in [3.8, 4) is 0 Å². The van der Waals surface area contributed by atoms with E-state index in [2.05, 4.69) is 10.3 Å². The predicted molar refractivity (Wildman–Crippen MR) is 108 cm³/mol. The van der Waals surface area contributed by atoms with Gasteiger partial charge in [0.25, 0.3) is 11.5 Å². The van der Waals surface area contributed by atoms with E-state index in [4.69, 9.17) is 0 Å². The number of carbonyl (C=O) groups is 2. The van der Waals surface area contributed by atoms with Gasteiger partial charge in [0.15, 0.2) is 0 Å². The molecule has 28 heavy (non-hydrogen) atoms. The zero-order chi connectivity index (χ0) is 20.8. The summed E-state index contributed by atoms with van der Waals surface area (Å²) in [5, 5.41) is 12.3. The van der Waals surface area contributed by atoms with Crippen molar-refractivity contribution in [2.75, 3.05) is 5.32 Å². The number of hydrogen-bond donors (Lipinski definition) is 3. The third-order valence-electron chi connectivity index (χ3n) is 4.67. The number of fused-ring (bicyclic) bond motifs is 1. The van der Waals surface area contributed by atoms with Crippen LogP contribution in [0.3, 0.4) is 0 Å². The van der Waals surface area contributed by atoms with E-state index in [0.29, 0.717) is 15.8 Å². The second-order valence-electron chi connectivity index (χ2n) is 6.96. The zero-order valence-electron chi connectivity index (χ0n) is 15.7. The average molecular weight is 401 g/mol. The van der Waals surface area contributed by atoms with Crippen molar-refractivity contribution in [3.05, 3.63) is 61.1 Å². The molecule has 0 bridgehead atoms. The molecule has 2 heterocycles. The van der Waals surface area contributed by atoms with E-state index in [1.165, 1.54) is 13.8 Å². The lowest BCUT2D eigenvalue weighted by atomic mass is 10.1. The molecule has 3 rings (SSSR count). The van der Waals surface area contributed by atoms with E-state index < -0.39 is 28.7 Å². The third kappa shape index (κ3) is 3.03. The lowest BCUT2D eigenvalue weighted by Crippen LogP contribution is -2.50. The van der Waals surface area contributed by atoms with Crippen LogP contribution < -0.4 is 16.6 Å². The molecule has 146 valence electrons. The Kier molecular flexibility index (Phi) is 4.72. The van der Waals surface area contributed by atoms with Crippen LogP contribution in [0.2, 0.25) is 0 Å². The van der Waals surface area contributed by atoms with Crippen molar-refractivity contribution in [2.24, 2.45) is 0 Å². The quantitative estimate of drug-likeness (QED) is 0.620. The van der Waals surface area contributed by atoms with Gasteiger partial charge in [-0.3, -0.25) is 14.6 Å². The molecule has 8 nitrogen and oxygen atoms in total. The van der Waals surface area contributed by atoms with Crippen LogP contribution in [0.25, 0.3) is 10.2 Å². The Hall–Kier alpha value is -3.20. The molecule has 0 fully saturated rings. The summed E-state index contributed by atoms with van der Waals surface area (Å²) in [7, 11) is 0. The molecule has 3 N–H and O–H groups in total. The minimum absolute atomic E-state index is 0.133. The van der Waals surface area contributed by atoms with Crippen LogP contribution in [0.4, 0.5) is 5.69 Å². The first-order chi connectivity index (χ1) is 13.1. The highest BCUT2D eigenvalue weighted by atomic mass is 32.1. The van der Waals surface area contributed by atoms with E-state index in [9.17, 15) is 24.3 Å². The number of aryl methyl sites for hydroxylation is 2. The molecule has 1 amide bonds. The van der Waals surface area contributed by atoms with Crippen molar-refractivity contribution in [2.45, 2.75) is 33.2 Å². The van der Waals surface area contributed by atoms with Crippen molar-refractivity contribution in [1.29, 1.82) is 0 Å². The van der Waals surface area contributed by atoms with Gasteiger partial charge in [0.05, 0.1) is 10.3 Å². The number of aliphatic carboxylic acids is 1. The summed E-state index contributed by atoms with van der Waals surface area (Å²) >= 11 is 0.985. The highest BCUT2D eigenvalue weighted by Crippen LogP contribution is 2.28. The van der Waals surface area contributed by atoms with E-state index in [-0.39, 0.29) is 15.1 Å². The molecule has 0 atom stereocenters. The maximum absolute atomic E-state index is 12.9. The largest absolute Gasteiger partial charge is 0.480 e. The fourth-order valence-electron chi connectivity index (χ4n) is 2.93. The molecular formula is C19H19N3O5S. The number of nitrogens with zero attached hydrogens (tertiary/aromatic N) is 1. The van der Waals surface area contributed by atoms with Gasteiger partial charge in [0.2, 0.25) is 0 Å². The Bertz CT molecular complexity index is 1230. The normalized spacial score (nSPS) is 11.6. The molecule has 0 unspecified atom stereocenters. The van der Waals surface area contributed by atoms with Crippen molar-refractivity contribution < 1.29 is 14.7 Å². The number of benzene rings is 1. The van der Waals surface area contributed by atoms with Gasteiger partial charge in [-0.25, -0.2) is 14.2 Å². The van der Waals surface area contributed by atoms with Crippen LogP contribution in [-0.2, 0) is 10.3 Å². The maximum atomic E-state index is 12.9. The van der Waals surface area contributed by atoms with Crippen LogP contribution >= 0.6 is 11.3 Å². The molecule has 0 aliphatic carbocycles. The minimum atomic E-state index is -1.74. The number of amides is 1. The number of H-pyrrole nitrogens is 1. The molecule has 1 aromatic carbocycles. The molecule has 0 saturated carbocycles. The van der Waals surface area contributed by atoms with Crippen LogP contribution in [0.1, 0.15) is 34.6 Å². The summed E-state index contributed by atoms with van der Waals surface area (Å²) in [6.07, 6.45) is 0. The summed E-state index contributed by atoms with van der Waals surface area (Å²) in [6, 6.07) is 7.27. The smallest absolute Gasteiger partial charge is 0.330 e. The van der Waals surface area contributed by atoms with Crippen molar-refractivity contribution in [1.82, 2.24) is 9.55 Å². The number of carboxylic acids is 1. The monoisotopic (exact) mass is 401 g/mol. The first-order valence-electron chi connectivity index (χ1n) is 8.45. The number of aromatic amines is 1. The van der Waals surface area contributed by atoms with Gasteiger partial charge < -0.3 is 10.4 Å². The number of hydrogen-bond acceptors (Lipinski definition) is 5. The first-order valence-corrected chi connectivity index (χ1v) is 9.26. The SMILES string of the molecule is Cc1ccccc1NC(=O)c1sc2[nH]c(=O)n(C(C)(C)C(=O)O)c(=O)c2c1C. The molecule has 0 radical (unpaired) electrons. The molecule has 0 spiro atoms. The van der Waals surface area contributed by atoms with Crippen molar-refractivity contribution >= 4 is 39.1 Å². The standard InChI is InChI=1S/C19H19N3O5S/c1-9-7-5-6-8-11(9)20-14(23)13-10(2)12-15(28-13)21-18(27)22(16(12)24)19(3,4)17(25)26/h5-8H,1-4H3,(H,20,23)(H,21,27)(H,25,26). The number of carboxylic acid groups (broad SMARTS) is 1. The molecule has 0 aliphatic rings. The minimum Gasteiger partial charge on any atom is -0.480 e. The summed E-state index contributed by atoms with van der Waals surface area (Å²) in [4.78, 5) is 52.6. The van der Waals surface area contributed by atoms with Crippen molar-refractivity contribution in [3.63, 3.8) is 0 Å². The second kappa shape index (κ2) is 6.75. The average Bonchev–Trinajstić information content (AvgIpc) is 2.93. The fourth-order valence-corrected chi connectivity index (χ4v) is 4.01. The van der Waals surface area contributed by atoms with Crippen LogP contribution in [0.15, 0.2) is 33.9 Å². The van der Waals surface area contributed by atoms with Gasteiger partial charge in [0.1, 0.15) is 10.4 Å². The van der Waals surface area contributed by atoms with Crippen LogP contribution in [0, 0.1) is 13.8 Å². The number of rotatable bonds is 4. The van der Waals surface area contributed by atoms with Gasteiger partial charge in [0, 0.05) is 5.69 Å². The van der Waals surface area contributed by atoms with Crippen LogP contribution in [-0.4, -0.2) is 26.5 Å².